The van der Waals surface area contributed by atoms with Crippen molar-refractivity contribution >= 4 is 5.91 Å². The van der Waals surface area contributed by atoms with E-state index in [2.05, 4.69) is 67.8 Å². The van der Waals surface area contributed by atoms with Crippen LogP contribution in [0, 0.1) is 0 Å². The Morgan fingerprint density at radius 1 is 0.327 bits per heavy atom. The van der Waals surface area contributed by atoms with E-state index < -0.39 is 124 Å². The molecular formula is C91H167NO18. The molecule has 0 aliphatic carbocycles. The molecule has 0 spiro atoms. The standard InChI is InChI=1S/C91H167NO18/c1-3-5-7-9-11-13-15-17-19-21-23-25-27-29-31-32-33-34-35-36-37-38-39-40-41-42-43-45-47-49-51-53-55-57-59-61-63-65-67-69-79(97)92-74(75(96)68-66-64-62-60-58-56-54-52-50-48-46-44-30-28-26-24-22-20-18-16-14-12-10-8-6-4-2)73-105-89-85(103)82(100)87(77(71-94)107-89)110-91-86(104)83(101)88(78(72-95)108-91)109-90-84(102)81(99)80(98)76(70-93)106-90/h15,17,21,23,27,29,58,60,66,68,74-78,80-91,93-96,98-104H,3-14,16,18-20,22,24-26,28,30-57,59,61-65,67,69-73H2,1-2H3,(H,92,97)/b17-15-,23-21-,29-27-,60-58+,68-66+. The molecule has 0 aromatic carbocycles. The van der Waals surface area contributed by atoms with E-state index in [4.69, 9.17) is 28.4 Å². The van der Waals surface area contributed by atoms with Crippen molar-refractivity contribution in [2.75, 3.05) is 26.4 Å². The van der Waals surface area contributed by atoms with Crippen LogP contribution in [0.3, 0.4) is 0 Å². The third-order valence-electron chi connectivity index (χ3n) is 22.5. The van der Waals surface area contributed by atoms with Gasteiger partial charge in [0.05, 0.1) is 38.6 Å². The lowest BCUT2D eigenvalue weighted by Gasteiger charge is -2.48. The van der Waals surface area contributed by atoms with Crippen molar-refractivity contribution in [1.82, 2.24) is 5.32 Å². The van der Waals surface area contributed by atoms with Crippen molar-refractivity contribution < 1.29 is 89.4 Å². The Kier molecular flexibility index (Phi) is 65.3. The molecule has 0 bridgehead atoms. The number of carbonyl (C=O) groups excluding carboxylic acids is 1. The fourth-order valence-corrected chi connectivity index (χ4v) is 15.3. The summed E-state index contributed by atoms with van der Waals surface area (Å²) in [7, 11) is 0. The highest BCUT2D eigenvalue weighted by molar-refractivity contribution is 5.76. The Morgan fingerprint density at radius 3 is 0.973 bits per heavy atom. The van der Waals surface area contributed by atoms with Gasteiger partial charge in [0.15, 0.2) is 18.9 Å². The Hall–Kier alpha value is -2.51. The molecule has 3 saturated heterocycles. The van der Waals surface area contributed by atoms with Gasteiger partial charge in [-0.25, -0.2) is 0 Å². The van der Waals surface area contributed by atoms with Crippen LogP contribution in [0.4, 0.5) is 0 Å². The van der Waals surface area contributed by atoms with Gasteiger partial charge in [-0.2, -0.15) is 0 Å². The molecular weight excluding hydrogens is 1390 g/mol. The van der Waals surface area contributed by atoms with Crippen molar-refractivity contribution in [2.45, 2.75) is 484 Å². The minimum Gasteiger partial charge on any atom is -0.394 e. The van der Waals surface area contributed by atoms with Gasteiger partial charge in [-0.3, -0.25) is 4.79 Å². The van der Waals surface area contributed by atoms with E-state index in [0.717, 1.165) is 51.4 Å². The van der Waals surface area contributed by atoms with Crippen LogP contribution in [-0.4, -0.2) is 193 Å². The monoisotopic (exact) mass is 1560 g/mol. The van der Waals surface area contributed by atoms with Gasteiger partial charge in [0.25, 0.3) is 0 Å². The summed E-state index contributed by atoms with van der Waals surface area (Å²) < 4.78 is 34.5. The van der Waals surface area contributed by atoms with Crippen molar-refractivity contribution in [3.05, 3.63) is 60.8 Å². The number of allylic oxidation sites excluding steroid dienone is 9. The van der Waals surface area contributed by atoms with Gasteiger partial charge < -0.3 is 89.9 Å². The van der Waals surface area contributed by atoms with Crippen LogP contribution < -0.4 is 5.32 Å². The van der Waals surface area contributed by atoms with Crippen LogP contribution in [0.2, 0.25) is 0 Å². The summed E-state index contributed by atoms with van der Waals surface area (Å²) in [5.74, 6) is -0.278. The normalized spacial score (nSPS) is 25.4. The topological polar surface area (TPSA) is 307 Å². The summed E-state index contributed by atoms with van der Waals surface area (Å²) in [5.41, 5.74) is 0. The van der Waals surface area contributed by atoms with E-state index in [1.54, 1.807) is 6.08 Å². The second-order valence-electron chi connectivity index (χ2n) is 32.4. The minimum absolute atomic E-state index is 0.238. The van der Waals surface area contributed by atoms with E-state index in [1.165, 1.54) is 295 Å². The number of carbonyl (C=O) groups is 1. The fraction of sp³-hybridized carbons (Fsp3) is 0.879. The summed E-state index contributed by atoms with van der Waals surface area (Å²) in [6.45, 7) is 1.76. The highest BCUT2D eigenvalue weighted by Gasteiger charge is 2.54. The predicted molar refractivity (Wildman–Crippen MR) is 443 cm³/mol. The molecule has 12 N–H and O–H groups in total. The molecule has 0 saturated carbocycles. The third-order valence-corrected chi connectivity index (χ3v) is 22.5. The zero-order valence-corrected chi connectivity index (χ0v) is 69.5. The highest BCUT2D eigenvalue weighted by Crippen LogP contribution is 2.34. The first kappa shape index (κ1) is 102. The van der Waals surface area contributed by atoms with Crippen LogP contribution >= 0.6 is 0 Å². The molecule has 0 aromatic rings. The number of aliphatic hydroxyl groups is 11. The molecule has 644 valence electrons. The summed E-state index contributed by atoms with van der Waals surface area (Å²) in [5, 5.41) is 121. The average Bonchev–Trinajstić information content (AvgIpc) is 0.780. The highest BCUT2D eigenvalue weighted by atomic mass is 16.8. The van der Waals surface area contributed by atoms with Gasteiger partial charge in [0.2, 0.25) is 5.91 Å². The molecule has 3 rings (SSSR count). The van der Waals surface area contributed by atoms with E-state index in [1.807, 2.05) is 6.08 Å². The first-order chi connectivity index (χ1) is 53.8. The lowest BCUT2D eigenvalue weighted by atomic mass is 9.96. The Morgan fingerprint density at radius 2 is 0.609 bits per heavy atom. The zero-order chi connectivity index (χ0) is 79.5. The van der Waals surface area contributed by atoms with Gasteiger partial charge in [0.1, 0.15) is 73.2 Å². The number of unbranched alkanes of at least 4 members (excludes halogenated alkanes) is 50. The summed E-state index contributed by atoms with van der Waals surface area (Å²) in [6.07, 6.45) is 66.7. The second kappa shape index (κ2) is 70.7. The minimum atomic E-state index is -1.98. The average molecular weight is 1560 g/mol. The molecule has 0 radical (unpaired) electrons. The van der Waals surface area contributed by atoms with Crippen LogP contribution in [0.1, 0.15) is 380 Å². The van der Waals surface area contributed by atoms with E-state index in [-0.39, 0.29) is 18.9 Å². The quantitative estimate of drug-likeness (QED) is 0.0199. The molecule has 3 heterocycles. The van der Waals surface area contributed by atoms with E-state index in [0.29, 0.717) is 12.8 Å². The number of amides is 1. The lowest BCUT2D eigenvalue weighted by Crippen LogP contribution is -2.66. The molecule has 19 heteroatoms. The van der Waals surface area contributed by atoms with Crippen LogP contribution in [0.5, 0.6) is 0 Å². The third kappa shape index (κ3) is 48.9. The van der Waals surface area contributed by atoms with Gasteiger partial charge in [-0.1, -0.05) is 364 Å². The van der Waals surface area contributed by atoms with Crippen molar-refractivity contribution in [3.8, 4) is 0 Å². The molecule has 0 aromatic heterocycles. The maximum atomic E-state index is 13.5. The number of nitrogens with one attached hydrogen (secondary N) is 1. The number of hydrogen-bond donors (Lipinski definition) is 12. The van der Waals surface area contributed by atoms with Gasteiger partial charge in [0, 0.05) is 6.42 Å². The maximum absolute atomic E-state index is 13.5. The lowest BCUT2D eigenvalue weighted by molar-refractivity contribution is -0.379. The second-order valence-corrected chi connectivity index (χ2v) is 32.4. The molecule has 3 fully saturated rings. The number of rotatable bonds is 74. The largest absolute Gasteiger partial charge is 0.394 e. The number of hydrogen-bond acceptors (Lipinski definition) is 18. The van der Waals surface area contributed by atoms with Gasteiger partial charge >= 0.3 is 0 Å². The van der Waals surface area contributed by atoms with Gasteiger partial charge in [-0.15, -0.1) is 0 Å². The number of aliphatic hydroxyl groups excluding tert-OH is 11. The SMILES string of the molecule is CCCCCCC/C=C\C/C=C\C/C=C\CCCCCCCCCCCCCCCCCCCCCCCCCCC(=O)NC(COC1OC(CO)C(OC2OC(CO)C(OC3OC(CO)C(O)C(O)C3O)C(O)C2O)C(O)C1O)C(O)/C=C/CC/C=C/CCCCCCCCCCCCCCCCCCCCCC. The first-order valence-electron chi connectivity index (χ1n) is 45.5. The van der Waals surface area contributed by atoms with Gasteiger partial charge in [-0.05, 0) is 70.6 Å². The van der Waals surface area contributed by atoms with Crippen molar-refractivity contribution in [1.29, 1.82) is 0 Å². The summed E-state index contributed by atoms with van der Waals surface area (Å²) >= 11 is 0. The Labute approximate surface area is 668 Å². The van der Waals surface area contributed by atoms with Crippen LogP contribution in [0.25, 0.3) is 0 Å². The summed E-state index contributed by atoms with van der Waals surface area (Å²) in [4.78, 5) is 13.5. The molecule has 3 aliphatic rings. The van der Waals surface area contributed by atoms with Crippen LogP contribution in [-0.2, 0) is 33.2 Å². The van der Waals surface area contributed by atoms with Crippen LogP contribution in [0.15, 0.2) is 60.8 Å². The Bertz CT molecular complexity index is 2220. The fourth-order valence-electron chi connectivity index (χ4n) is 15.3. The maximum Gasteiger partial charge on any atom is 0.220 e. The summed E-state index contributed by atoms with van der Waals surface area (Å²) in [6, 6.07) is -0.992. The van der Waals surface area contributed by atoms with E-state index >= 15 is 0 Å². The Balaban J connectivity index is 1.31. The molecule has 17 atom stereocenters. The first-order valence-corrected chi connectivity index (χ1v) is 45.5. The van der Waals surface area contributed by atoms with Crippen molar-refractivity contribution in [3.63, 3.8) is 0 Å². The number of ether oxygens (including phenoxy) is 6. The molecule has 17 unspecified atom stereocenters. The van der Waals surface area contributed by atoms with Crippen molar-refractivity contribution in [2.24, 2.45) is 0 Å². The predicted octanol–water partition coefficient (Wildman–Crippen LogP) is 17.4. The smallest absolute Gasteiger partial charge is 0.220 e. The zero-order valence-electron chi connectivity index (χ0n) is 69.5. The molecule has 3 aliphatic heterocycles. The van der Waals surface area contributed by atoms with E-state index in [9.17, 15) is 61.0 Å². The molecule has 19 nitrogen and oxygen atoms in total. The molecule has 1 amide bonds. The molecule has 110 heavy (non-hydrogen) atoms.